The Morgan fingerprint density at radius 1 is 1.64 bits per heavy atom. The highest BCUT2D eigenvalue weighted by atomic mass is 15.2. The summed E-state index contributed by atoms with van der Waals surface area (Å²) < 4.78 is 0. The fraction of sp³-hybridized carbons (Fsp3) is 0.750. The van der Waals surface area contributed by atoms with E-state index < -0.39 is 0 Å². The van der Waals surface area contributed by atoms with Gasteiger partial charge in [-0.15, -0.1) is 0 Å². The molecular weight excluding hydrogens is 172 g/mol. The van der Waals surface area contributed by atoms with Gasteiger partial charge in [-0.2, -0.15) is 0 Å². The molecule has 0 N–H and O–H groups in total. The van der Waals surface area contributed by atoms with E-state index in [9.17, 15) is 0 Å². The maximum Gasteiger partial charge on any atom is 0.100 e. The minimum absolute atomic E-state index is 0.796. The first-order valence-electron chi connectivity index (χ1n) is 5.60. The Labute approximate surface area is 87.7 Å². The molecule has 1 atom stereocenters. The lowest BCUT2D eigenvalue weighted by molar-refractivity contribution is 0.533. The zero-order valence-corrected chi connectivity index (χ0v) is 9.88. The van der Waals surface area contributed by atoms with Crippen LogP contribution in [-0.2, 0) is 0 Å². The summed E-state index contributed by atoms with van der Waals surface area (Å²) in [5, 5.41) is 0. The van der Waals surface area contributed by atoms with Crippen LogP contribution in [0.4, 0.5) is 0 Å². The third-order valence-corrected chi connectivity index (χ3v) is 2.99. The van der Waals surface area contributed by atoms with E-state index in [2.05, 4.69) is 43.7 Å². The lowest BCUT2D eigenvalue weighted by Crippen LogP contribution is -2.23. The number of allylic oxidation sites excluding steroid dienone is 2. The second-order valence-electron chi connectivity index (χ2n) is 4.18. The molecule has 0 aromatic rings. The Morgan fingerprint density at radius 3 is 2.86 bits per heavy atom. The van der Waals surface area contributed by atoms with Crippen LogP contribution >= 0.6 is 0 Å². The number of aliphatic imine (C=N–C) groups is 1. The topological polar surface area (TPSA) is 15.6 Å². The highest BCUT2D eigenvalue weighted by molar-refractivity contribution is 5.82. The van der Waals surface area contributed by atoms with E-state index >= 15 is 0 Å². The molecule has 1 aliphatic rings. The minimum Gasteiger partial charge on any atom is -0.333 e. The summed E-state index contributed by atoms with van der Waals surface area (Å²) in [5.74, 6) is 1.97. The fourth-order valence-corrected chi connectivity index (χ4v) is 1.64. The summed E-state index contributed by atoms with van der Waals surface area (Å²) in [6.07, 6.45) is 4.79. The average Bonchev–Trinajstić information content (AvgIpc) is 2.60. The van der Waals surface area contributed by atoms with Crippen molar-refractivity contribution in [2.45, 2.75) is 40.5 Å². The molecule has 0 fully saturated rings. The van der Waals surface area contributed by atoms with Crippen LogP contribution in [0.25, 0.3) is 0 Å². The second-order valence-corrected chi connectivity index (χ2v) is 4.18. The molecule has 1 unspecified atom stereocenters. The maximum atomic E-state index is 4.39. The molecule has 2 heteroatoms. The van der Waals surface area contributed by atoms with E-state index in [0.717, 1.165) is 19.0 Å². The molecule has 0 aromatic heterocycles. The van der Waals surface area contributed by atoms with E-state index in [1.165, 1.54) is 24.4 Å². The van der Waals surface area contributed by atoms with Crippen molar-refractivity contribution >= 4 is 5.84 Å². The van der Waals surface area contributed by atoms with Gasteiger partial charge in [0.25, 0.3) is 0 Å². The van der Waals surface area contributed by atoms with Gasteiger partial charge >= 0.3 is 0 Å². The second kappa shape index (κ2) is 5.18. The van der Waals surface area contributed by atoms with E-state index in [-0.39, 0.29) is 0 Å². The Kier molecular flexibility index (Phi) is 4.18. The Bertz CT molecular complexity index is 241. The van der Waals surface area contributed by atoms with Gasteiger partial charge in [0, 0.05) is 12.2 Å². The van der Waals surface area contributed by atoms with Crippen LogP contribution in [0, 0.1) is 5.92 Å². The third kappa shape index (κ3) is 2.86. The zero-order chi connectivity index (χ0) is 10.6. The monoisotopic (exact) mass is 194 g/mol. The van der Waals surface area contributed by atoms with Crippen LogP contribution in [-0.4, -0.2) is 23.8 Å². The lowest BCUT2D eigenvalue weighted by Gasteiger charge is -2.19. The molecule has 80 valence electrons. The first-order chi connectivity index (χ1) is 6.65. The number of hydrogen-bond acceptors (Lipinski definition) is 2. The Hall–Kier alpha value is -0.790. The molecule has 1 heterocycles. The van der Waals surface area contributed by atoms with Crippen molar-refractivity contribution in [3.63, 3.8) is 0 Å². The Morgan fingerprint density at radius 2 is 2.36 bits per heavy atom. The van der Waals surface area contributed by atoms with Crippen molar-refractivity contribution in [2.24, 2.45) is 10.9 Å². The van der Waals surface area contributed by atoms with Gasteiger partial charge in [-0.25, -0.2) is 0 Å². The van der Waals surface area contributed by atoms with Gasteiger partial charge in [-0.1, -0.05) is 26.3 Å². The van der Waals surface area contributed by atoms with Crippen LogP contribution in [0.2, 0.25) is 0 Å². The van der Waals surface area contributed by atoms with Gasteiger partial charge in [0.05, 0.1) is 6.54 Å². The van der Waals surface area contributed by atoms with E-state index in [1.807, 2.05) is 0 Å². The predicted molar refractivity (Wildman–Crippen MR) is 62.5 cm³/mol. The first-order valence-corrected chi connectivity index (χ1v) is 5.60. The summed E-state index contributed by atoms with van der Waals surface area (Å²) in [6, 6.07) is 0. The summed E-state index contributed by atoms with van der Waals surface area (Å²) in [6.45, 7) is 10.8. The SMILES string of the molecule is CCC(C)C/C=C(\C)N1CCN=C1C. The van der Waals surface area contributed by atoms with Crippen molar-refractivity contribution in [1.29, 1.82) is 0 Å². The summed E-state index contributed by atoms with van der Waals surface area (Å²) in [7, 11) is 0. The molecule has 0 aliphatic carbocycles. The number of hydrogen-bond donors (Lipinski definition) is 0. The van der Waals surface area contributed by atoms with Crippen LogP contribution < -0.4 is 0 Å². The molecule has 0 saturated carbocycles. The molecule has 0 radical (unpaired) electrons. The summed E-state index contributed by atoms with van der Waals surface area (Å²) >= 11 is 0. The number of nitrogens with zero attached hydrogens (tertiary/aromatic N) is 2. The van der Waals surface area contributed by atoms with Crippen molar-refractivity contribution in [2.75, 3.05) is 13.1 Å². The normalized spacial score (nSPS) is 19.9. The molecule has 14 heavy (non-hydrogen) atoms. The zero-order valence-electron chi connectivity index (χ0n) is 9.88. The molecule has 0 bridgehead atoms. The van der Waals surface area contributed by atoms with Crippen LogP contribution in [0.15, 0.2) is 16.8 Å². The molecule has 2 nitrogen and oxygen atoms in total. The lowest BCUT2D eigenvalue weighted by atomic mass is 10.0. The molecule has 1 rings (SSSR count). The first kappa shape index (κ1) is 11.3. The molecule has 1 aliphatic heterocycles. The highest BCUT2D eigenvalue weighted by Gasteiger charge is 2.13. The van der Waals surface area contributed by atoms with Gasteiger partial charge in [0.15, 0.2) is 0 Å². The fourth-order valence-electron chi connectivity index (χ4n) is 1.64. The van der Waals surface area contributed by atoms with Gasteiger partial charge in [0.1, 0.15) is 5.84 Å². The predicted octanol–water partition coefficient (Wildman–Crippen LogP) is 3.06. The quantitative estimate of drug-likeness (QED) is 0.671. The van der Waals surface area contributed by atoms with Crippen molar-refractivity contribution in [3.05, 3.63) is 11.8 Å². The largest absolute Gasteiger partial charge is 0.333 e. The van der Waals surface area contributed by atoms with Crippen LogP contribution in [0.1, 0.15) is 40.5 Å². The number of rotatable bonds is 4. The van der Waals surface area contributed by atoms with Crippen molar-refractivity contribution in [3.8, 4) is 0 Å². The van der Waals surface area contributed by atoms with Crippen molar-refractivity contribution in [1.82, 2.24) is 4.90 Å². The van der Waals surface area contributed by atoms with Crippen LogP contribution in [0.5, 0.6) is 0 Å². The minimum atomic E-state index is 0.796. The standard InChI is InChI=1S/C12H22N2/c1-5-10(2)6-7-11(3)14-9-8-13-12(14)4/h7,10H,5-6,8-9H2,1-4H3/b11-7+. The summed E-state index contributed by atoms with van der Waals surface area (Å²) in [5.41, 5.74) is 1.36. The molecular formula is C12H22N2. The Balaban J connectivity index is 2.48. The third-order valence-electron chi connectivity index (χ3n) is 2.99. The number of amidine groups is 1. The van der Waals surface area contributed by atoms with E-state index in [4.69, 9.17) is 0 Å². The van der Waals surface area contributed by atoms with Crippen LogP contribution in [0.3, 0.4) is 0 Å². The highest BCUT2D eigenvalue weighted by Crippen LogP contribution is 2.14. The molecule has 0 aromatic carbocycles. The molecule has 0 saturated heterocycles. The summed E-state index contributed by atoms with van der Waals surface area (Å²) in [4.78, 5) is 6.70. The van der Waals surface area contributed by atoms with Gasteiger partial charge in [-0.3, -0.25) is 4.99 Å². The van der Waals surface area contributed by atoms with E-state index in [0.29, 0.717) is 0 Å². The van der Waals surface area contributed by atoms with Crippen molar-refractivity contribution < 1.29 is 0 Å². The maximum absolute atomic E-state index is 4.39. The van der Waals surface area contributed by atoms with Gasteiger partial charge in [0.2, 0.25) is 0 Å². The van der Waals surface area contributed by atoms with Gasteiger partial charge < -0.3 is 4.90 Å². The van der Waals surface area contributed by atoms with E-state index in [1.54, 1.807) is 0 Å². The van der Waals surface area contributed by atoms with Gasteiger partial charge in [-0.05, 0) is 26.2 Å². The average molecular weight is 194 g/mol. The smallest absolute Gasteiger partial charge is 0.100 e. The molecule has 0 amide bonds. The molecule has 0 spiro atoms.